The minimum atomic E-state index is 1.25. The highest BCUT2D eigenvalue weighted by Gasteiger charge is 2.16. The van der Waals surface area contributed by atoms with Gasteiger partial charge in [0.1, 0.15) is 0 Å². The maximum atomic E-state index is 2.38. The number of fused-ring (bicyclic) bond motifs is 11. The first-order valence-electron chi connectivity index (χ1n) is 18.1. The van der Waals surface area contributed by atoms with Crippen molar-refractivity contribution in [3.05, 3.63) is 170 Å². The van der Waals surface area contributed by atoms with Gasteiger partial charge in [0, 0.05) is 60.5 Å². The smallest absolute Gasteiger partial charge is 0.0542 e. The molecule has 0 spiro atoms. The van der Waals surface area contributed by atoms with Crippen LogP contribution in [-0.4, -0.2) is 0 Å². The molecule has 0 amide bonds. The van der Waals surface area contributed by atoms with Gasteiger partial charge < -0.3 is 0 Å². The monoisotopic (exact) mass is 756 g/mol. The fourth-order valence-electron chi connectivity index (χ4n) is 8.33. The van der Waals surface area contributed by atoms with Gasteiger partial charge in [-0.05, 0) is 80.9 Å². The van der Waals surface area contributed by atoms with Crippen molar-refractivity contribution in [3.63, 3.8) is 0 Å². The van der Waals surface area contributed by atoms with E-state index in [1.54, 1.807) is 0 Å². The summed E-state index contributed by atoms with van der Waals surface area (Å²) in [5.74, 6) is 0. The Hall–Kier alpha value is -5.62. The lowest BCUT2D eigenvalue weighted by molar-refractivity contribution is 1.64. The third kappa shape index (κ3) is 4.71. The van der Waals surface area contributed by atoms with Crippen LogP contribution in [0.2, 0.25) is 0 Å². The highest BCUT2D eigenvalue weighted by atomic mass is 32.1. The molecular weight excluding hydrogens is 729 g/mol. The van der Waals surface area contributed by atoms with Gasteiger partial charge in [0.25, 0.3) is 0 Å². The summed E-state index contributed by atoms with van der Waals surface area (Å²) >= 11 is 7.61. The molecule has 4 aromatic heterocycles. The van der Waals surface area contributed by atoms with Crippen LogP contribution in [0.15, 0.2) is 170 Å². The van der Waals surface area contributed by atoms with E-state index in [-0.39, 0.29) is 0 Å². The van der Waals surface area contributed by atoms with E-state index in [2.05, 4.69) is 170 Å². The fourth-order valence-corrected chi connectivity index (χ4v) is 13.3. The first-order valence-corrected chi connectivity index (χ1v) is 21.4. The molecule has 4 heteroatoms. The third-order valence-electron chi connectivity index (χ3n) is 10.9. The first kappa shape index (κ1) is 30.8. The predicted molar refractivity (Wildman–Crippen MR) is 242 cm³/mol. The number of benzene rings is 8. The SMILES string of the molecule is c1ccc2c(c1)sc1cccc(-c3ccc(-c4ccc5c(c4)sc4c6ccc(-c7ccc(-c8cccc9sc%10ccccc%10c89)cc7)cc6sc54)cc3)c12. The Kier molecular flexibility index (Phi) is 6.81. The van der Waals surface area contributed by atoms with Gasteiger partial charge in [-0.3, -0.25) is 0 Å². The largest absolute Gasteiger partial charge is 0.135 e. The van der Waals surface area contributed by atoms with Gasteiger partial charge in [-0.15, -0.1) is 45.3 Å². The van der Waals surface area contributed by atoms with Gasteiger partial charge in [0.05, 0.1) is 9.40 Å². The zero-order chi connectivity index (χ0) is 35.3. The Bertz CT molecular complexity index is 3190. The van der Waals surface area contributed by atoms with Crippen molar-refractivity contribution in [3.8, 4) is 44.5 Å². The molecule has 0 saturated carbocycles. The molecule has 0 aliphatic heterocycles. The van der Waals surface area contributed by atoms with Crippen LogP contribution < -0.4 is 0 Å². The van der Waals surface area contributed by atoms with Crippen molar-refractivity contribution in [2.24, 2.45) is 0 Å². The summed E-state index contributed by atoms with van der Waals surface area (Å²) < 4.78 is 10.9. The van der Waals surface area contributed by atoms with E-state index in [4.69, 9.17) is 0 Å². The predicted octanol–water partition coefficient (Wildman–Crippen LogP) is 16.7. The van der Waals surface area contributed by atoms with Crippen molar-refractivity contribution >= 4 is 115 Å². The van der Waals surface area contributed by atoms with Crippen molar-refractivity contribution in [2.45, 2.75) is 0 Å². The van der Waals surface area contributed by atoms with Crippen LogP contribution in [0.5, 0.6) is 0 Å². The van der Waals surface area contributed by atoms with Gasteiger partial charge in [0.2, 0.25) is 0 Å². The second kappa shape index (κ2) is 11.9. The molecule has 0 aliphatic rings. The minimum absolute atomic E-state index is 1.25. The van der Waals surface area contributed by atoms with Crippen LogP contribution in [0.1, 0.15) is 0 Å². The lowest BCUT2D eigenvalue weighted by Gasteiger charge is -2.08. The lowest BCUT2D eigenvalue weighted by Crippen LogP contribution is -1.82. The Labute approximate surface area is 327 Å². The maximum absolute atomic E-state index is 2.38. The molecule has 0 bridgehead atoms. The van der Waals surface area contributed by atoms with Gasteiger partial charge >= 0.3 is 0 Å². The van der Waals surface area contributed by atoms with Gasteiger partial charge in [-0.25, -0.2) is 0 Å². The van der Waals surface area contributed by atoms with Crippen molar-refractivity contribution < 1.29 is 0 Å². The van der Waals surface area contributed by atoms with Crippen LogP contribution in [0.3, 0.4) is 0 Å². The second-order valence-electron chi connectivity index (χ2n) is 14.0. The van der Waals surface area contributed by atoms with Gasteiger partial charge in [-0.1, -0.05) is 133 Å². The molecular formula is C50H28S4. The molecule has 4 heterocycles. The minimum Gasteiger partial charge on any atom is -0.135 e. The second-order valence-corrected chi connectivity index (χ2v) is 18.3. The summed E-state index contributed by atoms with van der Waals surface area (Å²) in [6.07, 6.45) is 0. The van der Waals surface area contributed by atoms with E-state index in [1.165, 1.54) is 114 Å². The molecule has 12 aromatic rings. The topological polar surface area (TPSA) is 0 Å². The molecule has 8 aromatic carbocycles. The highest BCUT2D eigenvalue weighted by Crippen LogP contribution is 2.47. The number of rotatable bonds is 4. The van der Waals surface area contributed by atoms with Crippen molar-refractivity contribution in [2.75, 3.05) is 0 Å². The van der Waals surface area contributed by atoms with Crippen LogP contribution in [0.25, 0.3) is 114 Å². The molecule has 0 N–H and O–H groups in total. The number of thiophene rings is 4. The quantitative estimate of drug-likeness (QED) is 0.168. The molecule has 0 atom stereocenters. The summed E-state index contributed by atoms with van der Waals surface area (Å²) in [7, 11) is 0. The standard InChI is InChI=1S/C50H28S4/c1-3-11-41-37(7-1)47-35(9-5-13-43(47)51-41)31-19-15-29(16-20-31)33-23-25-39-45(27-33)53-50-40-26-24-34(28-46(40)54-49(39)50)30-17-21-32(22-18-30)36-10-6-14-44-48(36)38-8-2-4-12-42(38)52-44/h1-28H. The zero-order valence-electron chi connectivity index (χ0n) is 28.8. The van der Waals surface area contributed by atoms with Crippen molar-refractivity contribution in [1.29, 1.82) is 0 Å². The molecule has 54 heavy (non-hydrogen) atoms. The van der Waals surface area contributed by atoms with E-state index < -0.39 is 0 Å². The van der Waals surface area contributed by atoms with Gasteiger partial charge in [-0.2, -0.15) is 0 Å². The van der Waals surface area contributed by atoms with Gasteiger partial charge in [0.15, 0.2) is 0 Å². The lowest BCUT2D eigenvalue weighted by atomic mass is 9.97. The van der Waals surface area contributed by atoms with Crippen molar-refractivity contribution in [1.82, 2.24) is 0 Å². The molecule has 0 radical (unpaired) electrons. The molecule has 0 saturated heterocycles. The fraction of sp³-hybridized carbons (Fsp3) is 0. The van der Waals surface area contributed by atoms with Crippen LogP contribution in [0.4, 0.5) is 0 Å². The van der Waals surface area contributed by atoms with E-state index in [1.807, 2.05) is 45.3 Å². The molecule has 252 valence electrons. The molecule has 0 fully saturated rings. The summed E-state index contributed by atoms with van der Waals surface area (Å²) in [6.45, 7) is 0. The first-order chi connectivity index (χ1) is 26.7. The summed E-state index contributed by atoms with van der Waals surface area (Å²) in [6, 6.07) is 63.3. The highest BCUT2D eigenvalue weighted by molar-refractivity contribution is 7.36. The molecule has 0 unspecified atom stereocenters. The number of hydrogen-bond acceptors (Lipinski definition) is 4. The maximum Gasteiger partial charge on any atom is 0.0542 e. The van der Waals surface area contributed by atoms with E-state index >= 15 is 0 Å². The average Bonchev–Trinajstić information content (AvgIpc) is 3.99. The molecule has 0 nitrogen and oxygen atoms in total. The average molecular weight is 757 g/mol. The van der Waals surface area contributed by atoms with Crippen LogP contribution in [-0.2, 0) is 0 Å². The summed E-state index contributed by atoms with van der Waals surface area (Å²) in [5.41, 5.74) is 10.2. The third-order valence-corrected chi connectivity index (χ3v) is 15.7. The molecule has 12 rings (SSSR count). The normalized spacial score (nSPS) is 12.1. The zero-order valence-corrected chi connectivity index (χ0v) is 32.1. The summed E-state index contributed by atoms with van der Waals surface area (Å²) in [4.78, 5) is 0. The van der Waals surface area contributed by atoms with E-state index in [9.17, 15) is 0 Å². The summed E-state index contributed by atoms with van der Waals surface area (Å²) in [5, 5.41) is 8.12. The Morgan fingerprint density at radius 1 is 0.241 bits per heavy atom. The van der Waals surface area contributed by atoms with Crippen LogP contribution in [0, 0.1) is 0 Å². The Morgan fingerprint density at radius 2 is 0.630 bits per heavy atom. The Morgan fingerprint density at radius 3 is 1.09 bits per heavy atom. The van der Waals surface area contributed by atoms with E-state index in [0.717, 1.165) is 0 Å². The Balaban J connectivity index is 0.858. The van der Waals surface area contributed by atoms with Crippen LogP contribution >= 0.6 is 45.3 Å². The molecule has 0 aliphatic carbocycles. The van der Waals surface area contributed by atoms with E-state index in [0.29, 0.717) is 0 Å². The number of hydrogen-bond donors (Lipinski definition) is 0.